The topological polar surface area (TPSA) is 118 Å². The molecule has 4 atom stereocenters. The zero-order valence-electron chi connectivity index (χ0n) is 24.6. The van der Waals surface area contributed by atoms with E-state index in [2.05, 4.69) is 10.3 Å². The molecule has 4 aromatic rings. The first-order valence-corrected chi connectivity index (χ1v) is 16.5. The minimum Gasteiger partial charge on any atom is -0.478 e. The molecule has 8 nitrogen and oxygen atoms in total. The molecule has 4 unspecified atom stereocenters. The van der Waals surface area contributed by atoms with Gasteiger partial charge in [0.25, 0.3) is 9.70 Å². The second-order valence-electron chi connectivity index (χ2n) is 10.8. The molecule has 3 aromatic carbocycles. The number of aromatic carboxylic acids is 1. The van der Waals surface area contributed by atoms with E-state index in [1.165, 1.54) is 17.8 Å². The summed E-state index contributed by atoms with van der Waals surface area (Å²) in [6, 6.07) is 26.3. The number of rotatable bonds is 10. The third-order valence-electron chi connectivity index (χ3n) is 7.64. The number of ether oxygens (including phenoxy) is 2. The van der Waals surface area contributed by atoms with Gasteiger partial charge in [0.1, 0.15) is 5.03 Å². The number of aliphatic hydroxyl groups excluding tert-OH is 1. The van der Waals surface area contributed by atoms with E-state index in [1.807, 2.05) is 79.7 Å². The lowest BCUT2D eigenvalue weighted by Crippen LogP contribution is -2.38. The number of alkyl halides is 3. The number of carboxylic acids is 1. The lowest BCUT2D eigenvalue weighted by molar-refractivity contribution is -0.268. The van der Waals surface area contributed by atoms with Crippen LogP contribution in [-0.4, -0.2) is 42.7 Å². The summed E-state index contributed by atoms with van der Waals surface area (Å²) < 4.78 is 11.1. The Morgan fingerprint density at radius 2 is 1.63 bits per heavy atom. The van der Waals surface area contributed by atoms with Gasteiger partial charge >= 0.3 is 5.97 Å². The van der Waals surface area contributed by atoms with Crippen molar-refractivity contribution >= 4 is 58.4 Å². The third kappa shape index (κ3) is 8.41. The molecule has 240 valence electrons. The summed E-state index contributed by atoms with van der Waals surface area (Å²) in [6.45, 7) is 2.17. The van der Waals surface area contributed by atoms with E-state index in [-0.39, 0.29) is 36.8 Å². The van der Waals surface area contributed by atoms with Crippen molar-refractivity contribution in [1.29, 1.82) is 0 Å². The minimum atomic E-state index is -2.05. The number of nitrogens with one attached hydrogen (secondary N) is 1. The van der Waals surface area contributed by atoms with Gasteiger partial charge in [0.2, 0.25) is 0 Å². The van der Waals surface area contributed by atoms with Crippen LogP contribution in [0.3, 0.4) is 0 Å². The van der Waals surface area contributed by atoms with E-state index in [1.54, 1.807) is 12.3 Å². The molecule has 0 spiro atoms. The number of benzene rings is 3. The summed E-state index contributed by atoms with van der Waals surface area (Å²) in [7, 11) is 0. The Morgan fingerprint density at radius 3 is 2.33 bits per heavy atom. The highest BCUT2D eigenvalue weighted by molar-refractivity contribution is 7.99. The molecule has 0 radical (unpaired) electrons. The van der Waals surface area contributed by atoms with Gasteiger partial charge in [-0.2, -0.15) is 0 Å². The number of hydrogen-bond acceptors (Lipinski definition) is 7. The molecule has 1 aromatic heterocycles. The van der Waals surface area contributed by atoms with Crippen LogP contribution < -0.4 is 5.32 Å². The summed E-state index contributed by atoms with van der Waals surface area (Å²) in [5.41, 5.74) is 5.32. The van der Waals surface area contributed by atoms with Gasteiger partial charge in [-0.15, -0.1) is 11.8 Å². The van der Waals surface area contributed by atoms with Gasteiger partial charge in [-0.3, -0.25) is 4.79 Å². The number of aromatic nitrogens is 1. The predicted molar refractivity (Wildman–Crippen MR) is 179 cm³/mol. The molecule has 0 saturated carbocycles. The van der Waals surface area contributed by atoms with Crippen molar-refractivity contribution in [3.05, 3.63) is 119 Å². The summed E-state index contributed by atoms with van der Waals surface area (Å²) in [4.78, 5) is 28.1. The van der Waals surface area contributed by atoms with E-state index < -0.39 is 22.0 Å². The highest BCUT2D eigenvalue weighted by Crippen LogP contribution is 2.43. The summed E-state index contributed by atoms with van der Waals surface area (Å²) in [5.74, 6) is -1.39. The molecule has 0 aliphatic carbocycles. The first-order valence-electron chi connectivity index (χ1n) is 14.4. The molecule has 1 fully saturated rings. The number of nitrogens with zero attached hydrogens (tertiary/aromatic N) is 1. The summed E-state index contributed by atoms with van der Waals surface area (Å²) in [6.07, 6.45) is 0.197. The zero-order valence-corrected chi connectivity index (χ0v) is 27.7. The minimum absolute atomic E-state index is 0.0599. The number of aliphatic hydroxyl groups is 1. The van der Waals surface area contributed by atoms with Crippen molar-refractivity contribution in [3.63, 3.8) is 0 Å². The van der Waals surface area contributed by atoms with Crippen LogP contribution in [0.1, 0.15) is 51.9 Å². The maximum absolute atomic E-state index is 12.0. The van der Waals surface area contributed by atoms with Crippen LogP contribution in [0.5, 0.6) is 0 Å². The monoisotopic (exact) mass is 700 g/mol. The van der Waals surface area contributed by atoms with Crippen molar-refractivity contribution in [1.82, 2.24) is 10.3 Å². The van der Waals surface area contributed by atoms with E-state index in [9.17, 15) is 19.8 Å². The number of halogens is 3. The van der Waals surface area contributed by atoms with Crippen molar-refractivity contribution < 1.29 is 29.3 Å². The van der Waals surface area contributed by atoms with Crippen LogP contribution >= 0.6 is 46.6 Å². The van der Waals surface area contributed by atoms with Gasteiger partial charge in [-0.25, -0.2) is 9.78 Å². The van der Waals surface area contributed by atoms with Gasteiger partial charge in [0, 0.05) is 30.0 Å². The largest absolute Gasteiger partial charge is 0.478 e. The maximum atomic E-state index is 12.0. The standard InChI is InChI=1S/C34H31Cl3N2O6S/c1-20-28(19-46-30-27(31(41)42)9-4-14-38-30)44-32(45-29(20)23-12-10-21(18-40)11-13-23)26-8-3-7-25(16-26)24-6-2-5-22(15-24)17-39-33(43)34(35,36)37/h2-16,20,28-29,32,40H,17-19H2,1H3,(H,39,43)(H,41,42). The Labute approximate surface area is 286 Å². The van der Waals surface area contributed by atoms with Gasteiger partial charge in [0.05, 0.1) is 24.4 Å². The summed E-state index contributed by atoms with van der Waals surface area (Å²) in [5, 5.41) is 22.2. The van der Waals surface area contributed by atoms with Gasteiger partial charge in [-0.05, 0) is 52.1 Å². The number of hydrogen-bond donors (Lipinski definition) is 3. The zero-order chi connectivity index (χ0) is 32.8. The Morgan fingerprint density at radius 1 is 0.913 bits per heavy atom. The molecular weight excluding hydrogens is 671 g/mol. The van der Waals surface area contributed by atoms with Crippen LogP contribution in [0.15, 0.2) is 96.2 Å². The smallest absolute Gasteiger partial charge is 0.338 e. The number of amides is 1. The number of pyridine rings is 1. The fourth-order valence-corrected chi connectivity index (χ4v) is 6.50. The molecule has 1 aliphatic rings. The number of thioether (sulfide) groups is 1. The highest BCUT2D eigenvalue weighted by atomic mass is 35.6. The van der Waals surface area contributed by atoms with Gasteiger partial charge < -0.3 is 25.0 Å². The second kappa shape index (κ2) is 15.2. The Kier molecular flexibility index (Phi) is 11.3. The van der Waals surface area contributed by atoms with Crippen molar-refractivity contribution in [2.75, 3.05) is 5.75 Å². The lowest BCUT2D eigenvalue weighted by Gasteiger charge is -2.41. The molecular formula is C34H31Cl3N2O6S. The number of carbonyl (C=O) groups excluding carboxylic acids is 1. The molecule has 0 bridgehead atoms. The van der Waals surface area contributed by atoms with Crippen molar-refractivity contribution in [3.8, 4) is 11.1 Å². The van der Waals surface area contributed by atoms with Crippen LogP contribution in [-0.2, 0) is 27.4 Å². The summed E-state index contributed by atoms with van der Waals surface area (Å²) >= 11 is 18.4. The lowest BCUT2D eigenvalue weighted by atomic mass is 9.91. The molecule has 2 heterocycles. The van der Waals surface area contributed by atoms with E-state index in [0.717, 1.165) is 33.4 Å². The van der Waals surface area contributed by atoms with Crippen LogP contribution in [0.4, 0.5) is 0 Å². The normalized spacial score (nSPS) is 19.8. The maximum Gasteiger partial charge on any atom is 0.338 e. The molecule has 46 heavy (non-hydrogen) atoms. The van der Waals surface area contributed by atoms with Gasteiger partial charge in [0.15, 0.2) is 6.29 Å². The fraction of sp³-hybridized carbons (Fsp3) is 0.265. The van der Waals surface area contributed by atoms with E-state index in [4.69, 9.17) is 44.3 Å². The Bertz CT molecular complexity index is 1680. The quantitative estimate of drug-likeness (QED) is 0.115. The van der Waals surface area contributed by atoms with E-state index >= 15 is 0 Å². The predicted octanol–water partition coefficient (Wildman–Crippen LogP) is 7.51. The molecule has 1 saturated heterocycles. The molecule has 5 rings (SSSR count). The van der Waals surface area contributed by atoms with Crippen LogP contribution in [0.2, 0.25) is 0 Å². The fourth-order valence-electron chi connectivity index (χ4n) is 5.15. The number of carbonyl (C=O) groups is 2. The average molecular weight is 702 g/mol. The molecule has 1 aliphatic heterocycles. The second-order valence-corrected chi connectivity index (χ2v) is 14.1. The average Bonchev–Trinajstić information content (AvgIpc) is 3.06. The van der Waals surface area contributed by atoms with Crippen molar-refractivity contribution in [2.45, 2.75) is 47.4 Å². The molecule has 12 heteroatoms. The SMILES string of the molecule is CC1C(CSc2ncccc2C(=O)O)OC(c2cccc(-c3cccc(CNC(=O)C(Cl)(Cl)Cl)c3)c2)OC1c1ccc(CO)cc1. The van der Waals surface area contributed by atoms with Crippen LogP contribution in [0.25, 0.3) is 11.1 Å². The molecule has 1 amide bonds. The number of carboxylic acid groups (broad SMARTS) is 1. The third-order valence-corrected chi connectivity index (χ3v) is 9.25. The van der Waals surface area contributed by atoms with Crippen LogP contribution in [0, 0.1) is 5.92 Å². The first-order chi connectivity index (χ1) is 22.0. The Hall–Kier alpha value is -3.15. The first kappa shape index (κ1) is 34.2. The Balaban J connectivity index is 1.41. The van der Waals surface area contributed by atoms with E-state index in [0.29, 0.717) is 10.8 Å². The van der Waals surface area contributed by atoms with Crippen molar-refractivity contribution in [2.24, 2.45) is 5.92 Å². The highest BCUT2D eigenvalue weighted by Gasteiger charge is 2.38. The van der Waals surface area contributed by atoms with Gasteiger partial charge in [-0.1, -0.05) is 102 Å². The molecule has 3 N–H and O–H groups in total.